The minimum atomic E-state index is -1.36. The third-order valence-corrected chi connectivity index (χ3v) is 4.28. The van der Waals surface area contributed by atoms with Crippen molar-refractivity contribution < 1.29 is 19.8 Å². The summed E-state index contributed by atoms with van der Waals surface area (Å²) in [6.45, 7) is 2.24. The molecule has 0 aromatic carbocycles. The summed E-state index contributed by atoms with van der Waals surface area (Å²) in [5.74, 6) is -3.79. The third-order valence-electron chi connectivity index (χ3n) is 4.28. The molecule has 140 valence electrons. The fourth-order valence-corrected chi connectivity index (χ4v) is 2.77. The highest BCUT2D eigenvalue weighted by Gasteiger charge is 2.05. The van der Waals surface area contributed by atoms with Gasteiger partial charge in [0.2, 0.25) is 0 Å². The molecule has 4 nitrogen and oxygen atoms in total. The Kier molecular flexibility index (Phi) is 15.6. The molecule has 1 atom stereocenters. The van der Waals surface area contributed by atoms with Crippen LogP contribution in [0.2, 0.25) is 0 Å². The molecule has 0 aromatic heterocycles. The smallest absolute Gasteiger partial charge is 0.0486 e. The molecular weight excluding hydrogens is 304 g/mol. The first-order valence-electron chi connectivity index (χ1n) is 9.65. The van der Waals surface area contributed by atoms with Gasteiger partial charge in [-0.05, 0) is 19.3 Å². The average molecular weight is 338 g/mol. The molecule has 0 N–H and O–H groups in total. The van der Waals surface area contributed by atoms with E-state index < -0.39 is 24.3 Å². The second-order valence-corrected chi connectivity index (χ2v) is 6.61. The molecule has 4 heteroatoms. The van der Waals surface area contributed by atoms with Crippen LogP contribution in [0.3, 0.4) is 0 Å². The standard InChI is InChI=1S/C20H36O4/c1-2-3-4-5-6-7-8-9-10-11-12-13-14-15-16-18(20(23)24)17-19(21)22/h15-16,18H,2-14,17H2,1H3,(H,21,22)(H,23,24)/p-2/b16-15+. The lowest BCUT2D eigenvalue weighted by molar-refractivity contribution is -0.318. The highest BCUT2D eigenvalue weighted by molar-refractivity contribution is 5.77. The zero-order valence-electron chi connectivity index (χ0n) is 15.3. The van der Waals surface area contributed by atoms with E-state index in [2.05, 4.69) is 6.92 Å². The van der Waals surface area contributed by atoms with Gasteiger partial charge in [-0.3, -0.25) is 0 Å². The quantitative estimate of drug-likeness (QED) is 0.301. The van der Waals surface area contributed by atoms with Gasteiger partial charge >= 0.3 is 0 Å². The molecule has 0 spiro atoms. The van der Waals surface area contributed by atoms with Crippen LogP contribution in [0.25, 0.3) is 0 Å². The van der Waals surface area contributed by atoms with Crippen LogP contribution in [0.1, 0.15) is 96.8 Å². The van der Waals surface area contributed by atoms with Gasteiger partial charge in [0.1, 0.15) is 0 Å². The van der Waals surface area contributed by atoms with Crippen molar-refractivity contribution in [2.24, 2.45) is 5.92 Å². The summed E-state index contributed by atoms with van der Waals surface area (Å²) in [7, 11) is 0. The lowest BCUT2D eigenvalue weighted by Gasteiger charge is -2.14. The normalized spacial score (nSPS) is 12.5. The molecule has 24 heavy (non-hydrogen) atoms. The van der Waals surface area contributed by atoms with E-state index in [0.29, 0.717) is 0 Å². The maximum Gasteiger partial charge on any atom is 0.0486 e. The van der Waals surface area contributed by atoms with Gasteiger partial charge in [0.15, 0.2) is 0 Å². The van der Waals surface area contributed by atoms with Gasteiger partial charge < -0.3 is 19.8 Å². The van der Waals surface area contributed by atoms with E-state index in [9.17, 15) is 19.8 Å². The highest BCUT2D eigenvalue weighted by Crippen LogP contribution is 2.13. The summed E-state index contributed by atoms with van der Waals surface area (Å²) in [6.07, 6.45) is 18.9. The van der Waals surface area contributed by atoms with Gasteiger partial charge in [-0.15, -0.1) is 0 Å². The van der Waals surface area contributed by atoms with Crippen molar-refractivity contribution in [2.45, 2.75) is 96.8 Å². The Morgan fingerprint density at radius 3 is 1.67 bits per heavy atom. The molecule has 0 rings (SSSR count). The second kappa shape index (κ2) is 16.5. The second-order valence-electron chi connectivity index (χ2n) is 6.61. The van der Waals surface area contributed by atoms with Crippen LogP contribution in [0.4, 0.5) is 0 Å². The van der Waals surface area contributed by atoms with Crippen molar-refractivity contribution in [3.8, 4) is 0 Å². The lowest BCUT2D eigenvalue weighted by atomic mass is 10.0. The van der Waals surface area contributed by atoms with Gasteiger partial charge in [0.05, 0.1) is 0 Å². The van der Waals surface area contributed by atoms with E-state index in [1.54, 1.807) is 6.08 Å². The first-order valence-corrected chi connectivity index (χ1v) is 9.65. The molecule has 0 saturated carbocycles. The number of carboxylic acids is 2. The average Bonchev–Trinajstić information content (AvgIpc) is 2.53. The number of allylic oxidation sites excluding steroid dienone is 1. The van der Waals surface area contributed by atoms with E-state index >= 15 is 0 Å². The maximum absolute atomic E-state index is 10.7. The number of carbonyl (C=O) groups is 2. The van der Waals surface area contributed by atoms with Crippen LogP contribution in [0.5, 0.6) is 0 Å². The van der Waals surface area contributed by atoms with Crippen molar-refractivity contribution in [1.29, 1.82) is 0 Å². The predicted molar refractivity (Wildman–Crippen MR) is 93.0 cm³/mol. The number of rotatable bonds is 17. The van der Waals surface area contributed by atoms with E-state index in [-0.39, 0.29) is 0 Å². The minimum absolute atomic E-state index is 0.517. The molecule has 0 amide bonds. The van der Waals surface area contributed by atoms with Crippen LogP contribution in [-0.2, 0) is 9.59 Å². The van der Waals surface area contributed by atoms with Crippen LogP contribution in [-0.4, -0.2) is 11.9 Å². The van der Waals surface area contributed by atoms with E-state index in [0.717, 1.165) is 19.3 Å². The molecule has 0 radical (unpaired) electrons. The molecule has 0 aliphatic heterocycles. The van der Waals surface area contributed by atoms with Crippen LogP contribution < -0.4 is 10.2 Å². The van der Waals surface area contributed by atoms with E-state index in [4.69, 9.17) is 0 Å². The van der Waals surface area contributed by atoms with E-state index in [1.807, 2.05) is 0 Å². The molecule has 0 aliphatic rings. The van der Waals surface area contributed by atoms with Crippen LogP contribution in [0.15, 0.2) is 12.2 Å². The van der Waals surface area contributed by atoms with Gasteiger partial charge in [-0.25, -0.2) is 0 Å². The first-order chi connectivity index (χ1) is 11.6. The highest BCUT2D eigenvalue weighted by atomic mass is 16.4. The van der Waals surface area contributed by atoms with Crippen molar-refractivity contribution in [3.63, 3.8) is 0 Å². The number of carbonyl (C=O) groups excluding carboxylic acids is 2. The SMILES string of the molecule is CCCCCCCCCCCCCC/C=C/C(CC(=O)[O-])C(=O)[O-]. The molecule has 1 unspecified atom stereocenters. The Bertz CT molecular complexity index is 350. The summed E-state index contributed by atoms with van der Waals surface area (Å²) < 4.78 is 0. The Hall–Kier alpha value is -1.32. The molecule has 0 heterocycles. The molecule has 0 saturated heterocycles. The van der Waals surface area contributed by atoms with Gasteiger partial charge in [0.25, 0.3) is 0 Å². The number of hydrogen-bond acceptors (Lipinski definition) is 4. The Labute approximate surface area is 147 Å². The summed E-state index contributed by atoms with van der Waals surface area (Å²) in [5, 5.41) is 21.2. The number of unbranched alkanes of at least 4 members (excludes halogenated alkanes) is 12. The molecular formula is C20H34O4-2. The Balaban J connectivity index is 3.42. The Morgan fingerprint density at radius 1 is 0.792 bits per heavy atom. The monoisotopic (exact) mass is 338 g/mol. The van der Waals surface area contributed by atoms with Gasteiger partial charge in [-0.2, -0.15) is 0 Å². The van der Waals surface area contributed by atoms with Crippen LogP contribution in [0, 0.1) is 5.92 Å². The van der Waals surface area contributed by atoms with Crippen molar-refractivity contribution in [2.75, 3.05) is 0 Å². The van der Waals surface area contributed by atoms with Crippen molar-refractivity contribution in [1.82, 2.24) is 0 Å². The van der Waals surface area contributed by atoms with Gasteiger partial charge in [-0.1, -0.05) is 89.7 Å². The van der Waals surface area contributed by atoms with Crippen molar-refractivity contribution >= 4 is 11.9 Å². The molecule has 0 bridgehead atoms. The fourth-order valence-electron chi connectivity index (χ4n) is 2.77. The number of hydrogen-bond donors (Lipinski definition) is 0. The van der Waals surface area contributed by atoms with Gasteiger partial charge in [0, 0.05) is 17.9 Å². The molecule has 0 fully saturated rings. The predicted octanol–water partition coefficient (Wildman–Crippen LogP) is 3.14. The first kappa shape index (κ1) is 22.7. The minimum Gasteiger partial charge on any atom is -0.550 e. The lowest BCUT2D eigenvalue weighted by Crippen LogP contribution is -2.35. The number of aliphatic carboxylic acids is 2. The fraction of sp³-hybridized carbons (Fsp3) is 0.800. The maximum atomic E-state index is 10.7. The molecule has 0 aromatic rings. The molecule has 0 aliphatic carbocycles. The summed E-state index contributed by atoms with van der Waals surface area (Å²) in [6, 6.07) is 0. The topological polar surface area (TPSA) is 80.3 Å². The summed E-state index contributed by atoms with van der Waals surface area (Å²) in [4.78, 5) is 21.2. The number of carboxylic acid groups (broad SMARTS) is 2. The Morgan fingerprint density at radius 2 is 1.25 bits per heavy atom. The zero-order chi connectivity index (χ0) is 18.0. The zero-order valence-corrected chi connectivity index (χ0v) is 15.3. The largest absolute Gasteiger partial charge is 0.550 e. The van der Waals surface area contributed by atoms with Crippen molar-refractivity contribution in [3.05, 3.63) is 12.2 Å². The van der Waals surface area contributed by atoms with Crippen LogP contribution >= 0.6 is 0 Å². The third kappa shape index (κ3) is 15.6. The summed E-state index contributed by atoms with van der Waals surface area (Å²) in [5.41, 5.74) is 0. The van der Waals surface area contributed by atoms with E-state index in [1.165, 1.54) is 70.3 Å². The summed E-state index contributed by atoms with van der Waals surface area (Å²) >= 11 is 0.